The molecule has 0 fully saturated rings. The van der Waals surface area contributed by atoms with E-state index in [4.69, 9.17) is 18.8 Å². The highest BCUT2D eigenvalue weighted by molar-refractivity contribution is 7.55. The second-order valence-corrected chi connectivity index (χ2v) is 8.51. The first-order chi connectivity index (χ1) is 14.5. The van der Waals surface area contributed by atoms with E-state index in [0.717, 1.165) is 38.9 Å². The molecule has 0 unspecified atom stereocenters. The summed E-state index contributed by atoms with van der Waals surface area (Å²) in [6.07, 6.45) is 0. The highest BCUT2D eigenvalue weighted by Crippen LogP contribution is 2.46. The Kier molecular flexibility index (Phi) is 5.59. The minimum atomic E-state index is -3.35. The molecule has 154 valence electrons. The molecule has 0 aliphatic carbocycles. The Morgan fingerprint density at radius 2 is 1.47 bits per heavy atom. The second kappa shape index (κ2) is 8.32. The molecule has 0 radical (unpaired) electrons. The van der Waals surface area contributed by atoms with Crippen molar-refractivity contribution >= 4 is 46.6 Å². The first kappa shape index (κ1) is 20.2. The van der Waals surface area contributed by atoms with Crippen LogP contribution in [-0.4, -0.2) is 26.3 Å². The Hall–Kier alpha value is -3.12. The van der Waals surface area contributed by atoms with E-state index in [1.165, 1.54) is 14.2 Å². The van der Waals surface area contributed by atoms with Gasteiger partial charge in [0.25, 0.3) is 0 Å². The molecular weight excluding hydrogens is 401 g/mol. The van der Waals surface area contributed by atoms with Crippen LogP contribution < -0.4 is 15.1 Å². The molecule has 0 amide bonds. The van der Waals surface area contributed by atoms with E-state index in [-0.39, 0.29) is 0 Å². The highest BCUT2D eigenvalue weighted by Gasteiger charge is 2.20. The number of benzene rings is 3. The van der Waals surface area contributed by atoms with Crippen molar-refractivity contribution in [2.45, 2.75) is 0 Å². The summed E-state index contributed by atoms with van der Waals surface area (Å²) in [7, 11) is 0.964. The van der Waals surface area contributed by atoms with Crippen LogP contribution in [0.15, 0.2) is 66.7 Å². The molecule has 2 N–H and O–H groups in total. The van der Waals surface area contributed by atoms with E-state index in [2.05, 4.69) is 10.4 Å². The Labute approximate surface area is 174 Å². The molecule has 30 heavy (non-hydrogen) atoms. The van der Waals surface area contributed by atoms with Crippen LogP contribution in [0.3, 0.4) is 0 Å². The van der Waals surface area contributed by atoms with Gasteiger partial charge in [-0.3, -0.25) is 14.1 Å². The van der Waals surface area contributed by atoms with Gasteiger partial charge in [-0.25, -0.2) is 9.55 Å². The van der Waals surface area contributed by atoms with Crippen molar-refractivity contribution in [2.75, 3.05) is 31.7 Å². The standard InChI is InChI=1S/C22H22N3O4P/c1-27-17-12-13-21-19(14-17)22(18-6-4-5-7-20(18)24-21)23-15-8-10-16(11-9-15)25-30(26,28-2)29-3/h4-14H,1-3H3,(H,23,24)(H,25,26). The zero-order valence-corrected chi connectivity index (χ0v) is 17.8. The number of aromatic nitrogens is 1. The van der Waals surface area contributed by atoms with Crippen molar-refractivity contribution < 1.29 is 18.3 Å². The maximum absolute atomic E-state index is 12.3. The number of nitrogens with zero attached hydrogens (tertiary/aromatic N) is 1. The Morgan fingerprint density at radius 3 is 2.17 bits per heavy atom. The van der Waals surface area contributed by atoms with Crippen molar-refractivity contribution in [1.82, 2.24) is 4.98 Å². The first-order valence-corrected chi connectivity index (χ1v) is 10.8. The zero-order valence-electron chi connectivity index (χ0n) is 16.9. The van der Waals surface area contributed by atoms with Gasteiger partial charge in [-0.15, -0.1) is 0 Å². The Balaban J connectivity index is 1.74. The molecule has 0 saturated carbocycles. The molecule has 0 aliphatic heterocycles. The number of rotatable bonds is 7. The monoisotopic (exact) mass is 423 g/mol. The van der Waals surface area contributed by atoms with Crippen LogP contribution in [0.4, 0.5) is 17.1 Å². The van der Waals surface area contributed by atoms with Gasteiger partial charge in [-0.05, 0) is 48.5 Å². The minimum Gasteiger partial charge on any atom is -0.497 e. The predicted octanol–water partition coefficient (Wildman–Crippen LogP) is 5.95. The third-order valence-electron chi connectivity index (χ3n) is 4.79. The number of hydrogen-bond donors (Lipinski definition) is 2. The van der Waals surface area contributed by atoms with E-state index in [0.29, 0.717) is 5.69 Å². The summed E-state index contributed by atoms with van der Waals surface area (Å²) in [6, 6.07) is 21.2. The number of fused-ring (bicyclic) bond motifs is 2. The topological polar surface area (TPSA) is 81.7 Å². The fourth-order valence-corrected chi connectivity index (χ4v) is 4.03. The average Bonchev–Trinajstić information content (AvgIpc) is 2.79. The van der Waals surface area contributed by atoms with E-state index in [1.807, 2.05) is 54.6 Å². The maximum Gasteiger partial charge on any atom is 0.432 e. The molecule has 1 heterocycles. The molecule has 0 aliphatic rings. The Morgan fingerprint density at radius 1 is 0.800 bits per heavy atom. The number of nitrogens with one attached hydrogen (secondary N) is 2. The van der Waals surface area contributed by atoms with E-state index >= 15 is 0 Å². The highest BCUT2D eigenvalue weighted by atomic mass is 31.2. The van der Waals surface area contributed by atoms with Gasteiger partial charge in [0.15, 0.2) is 0 Å². The molecule has 4 rings (SSSR count). The molecule has 1 aromatic heterocycles. The summed E-state index contributed by atoms with van der Waals surface area (Å²) in [5.74, 6) is 0.761. The van der Waals surface area contributed by atoms with Crippen molar-refractivity contribution in [3.63, 3.8) is 0 Å². The van der Waals surface area contributed by atoms with Gasteiger partial charge in [0.2, 0.25) is 0 Å². The van der Waals surface area contributed by atoms with Crippen LogP contribution in [0.1, 0.15) is 0 Å². The smallest absolute Gasteiger partial charge is 0.432 e. The number of methoxy groups -OCH3 is 1. The van der Waals surface area contributed by atoms with E-state index in [1.54, 1.807) is 19.2 Å². The largest absolute Gasteiger partial charge is 0.497 e. The number of pyridine rings is 1. The normalized spacial score (nSPS) is 11.6. The summed E-state index contributed by atoms with van der Waals surface area (Å²) in [5.41, 5.74) is 4.20. The maximum atomic E-state index is 12.3. The summed E-state index contributed by atoms with van der Waals surface area (Å²) < 4.78 is 27.5. The lowest BCUT2D eigenvalue weighted by molar-refractivity contribution is 0.281. The van der Waals surface area contributed by atoms with Gasteiger partial charge in [0.1, 0.15) is 5.75 Å². The van der Waals surface area contributed by atoms with E-state index < -0.39 is 7.75 Å². The third kappa shape index (κ3) is 3.96. The van der Waals surface area contributed by atoms with Crippen LogP contribution in [-0.2, 0) is 13.6 Å². The van der Waals surface area contributed by atoms with Gasteiger partial charge in [0, 0.05) is 36.4 Å². The van der Waals surface area contributed by atoms with Crippen LogP contribution in [0.5, 0.6) is 5.75 Å². The van der Waals surface area contributed by atoms with E-state index in [9.17, 15) is 4.57 Å². The zero-order chi connectivity index (χ0) is 21.1. The van der Waals surface area contributed by atoms with Crippen LogP contribution >= 0.6 is 7.75 Å². The summed E-state index contributed by atoms with van der Waals surface area (Å²) in [5, 5.41) is 8.24. The lowest BCUT2D eigenvalue weighted by Gasteiger charge is -2.17. The molecule has 8 heteroatoms. The van der Waals surface area contributed by atoms with Crippen LogP contribution in [0.2, 0.25) is 0 Å². The summed E-state index contributed by atoms with van der Waals surface area (Å²) >= 11 is 0. The SMILES string of the molecule is COc1ccc2nc3ccccc3c(Nc3ccc(NP(=O)(OC)OC)cc3)c2c1. The second-order valence-electron chi connectivity index (χ2n) is 6.56. The van der Waals surface area contributed by atoms with Crippen molar-refractivity contribution in [1.29, 1.82) is 0 Å². The number of para-hydroxylation sites is 1. The predicted molar refractivity (Wildman–Crippen MR) is 121 cm³/mol. The van der Waals surface area contributed by atoms with Crippen molar-refractivity contribution in [2.24, 2.45) is 0 Å². The number of hydrogen-bond acceptors (Lipinski definition) is 6. The average molecular weight is 423 g/mol. The fraction of sp³-hybridized carbons (Fsp3) is 0.136. The Bertz CT molecular complexity index is 1240. The fourth-order valence-electron chi connectivity index (χ4n) is 3.23. The lowest BCUT2D eigenvalue weighted by atomic mass is 10.1. The third-order valence-corrected chi connectivity index (χ3v) is 6.28. The van der Waals surface area contributed by atoms with Crippen molar-refractivity contribution in [3.8, 4) is 5.75 Å². The first-order valence-electron chi connectivity index (χ1n) is 9.28. The van der Waals surface area contributed by atoms with Crippen LogP contribution in [0.25, 0.3) is 21.8 Å². The van der Waals surface area contributed by atoms with Crippen LogP contribution in [0, 0.1) is 0 Å². The van der Waals surface area contributed by atoms with Gasteiger partial charge in [0.05, 0.1) is 23.8 Å². The minimum absolute atomic E-state index is 0.624. The number of anilines is 3. The lowest BCUT2D eigenvalue weighted by Crippen LogP contribution is -2.01. The molecule has 7 nitrogen and oxygen atoms in total. The molecule has 0 saturated heterocycles. The number of ether oxygens (including phenoxy) is 1. The van der Waals surface area contributed by atoms with Gasteiger partial charge >= 0.3 is 7.75 Å². The van der Waals surface area contributed by atoms with Gasteiger partial charge in [-0.1, -0.05) is 18.2 Å². The van der Waals surface area contributed by atoms with Gasteiger partial charge in [-0.2, -0.15) is 0 Å². The summed E-state index contributed by atoms with van der Waals surface area (Å²) in [4.78, 5) is 4.76. The molecule has 0 bridgehead atoms. The van der Waals surface area contributed by atoms with Gasteiger partial charge < -0.3 is 10.1 Å². The molecule has 4 aromatic rings. The van der Waals surface area contributed by atoms with Crippen molar-refractivity contribution in [3.05, 3.63) is 66.7 Å². The molecule has 0 spiro atoms. The summed E-state index contributed by atoms with van der Waals surface area (Å²) in [6.45, 7) is 0. The molecular formula is C22H22N3O4P. The molecule has 3 aromatic carbocycles. The quantitative estimate of drug-likeness (QED) is 0.281. The molecule has 0 atom stereocenters.